The Hall–Kier alpha value is -2.44. The lowest BCUT2D eigenvalue weighted by Crippen LogP contribution is -2.53. The van der Waals surface area contributed by atoms with E-state index in [0.717, 1.165) is 0 Å². The lowest BCUT2D eigenvalue weighted by atomic mass is 9.84. The van der Waals surface area contributed by atoms with E-state index in [9.17, 15) is 18.8 Å². The van der Waals surface area contributed by atoms with Gasteiger partial charge < -0.3 is 15.3 Å². The molecule has 2 rings (SSSR count). The number of rotatable bonds is 6. The molecule has 0 saturated carbocycles. The van der Waals surface area contributed by atoms with E-state index in [1.807, 2.05) is 13.8 Å². The predicted molar refractivity (Wildman–Crippen MR) is 95.2 cm³/mol. The van der Waals surface area contributed by atoms with E-state index in [2.05, 4.69) is 5.32 Å². The minimum Gasteiger partial charge on any atom is -0.481 e. The maximum absolute atomic E-state index is 13.4. The fourth-order valence-corrected chi connectivity index (χ4v) is 3.02. The second kappa shape index (κ2) is 7.43. The largest absolute Gasteiger partial charge is 0.481 e. The van der Waals surface area contributed by atoms with Crippen LogP contribution in [-0.4, -0.2) is 35.0 Å². The van der Waals surface area contributed by atoms with Crippen molar-refractivity contribution < 1.29 is 23.9 Å². The van der Waals surface area contributed by atoms with Crippen LogP contribution in [0.25, 0.3) is 0 Å². The van der Waals surface area contributed by atoms with Crippen LogP contribution in [0.1, 0.15) is 39.2 Å². The summed E-state index contributed by atoms with van der Waals surface area (Å²) in [5, 5.41) is 11.9. The smallest absolute Gasteiger partial charge is 0.305 e. The average molecular weight is 364 g/mol. The molecule has 1 fully saturated rings. The van der Waals surface area contributed by atoms with Crippen molar-refractivity contribution in [3.63, 3.8) is 0 Å². The molecule has 1 aromatic rings. The zero-order valence-corrected chi connectivity index (χ0v) is 15.5. The number of carbonyl (C=O) groups excluding carboxylic acids is 2. The molecule has 142 valence electrons. The highest BCUT2D eigenvalue weighted by atomic mass is 19.1. The Labute approximate surface area is 152 Å². The number of carboxylic acid groups (broad SMARTS) is 1. The van der Waals surface area contributed by atoms with Gasteiger partial charge in [-0.3, -0.25) is 14.4 Å². The van der Waals surface area contributed by atoms with E-state index in [-0.39, 0.29) is 42.9 Å². The topological polar surface area (TPSA) is 86.7 Å². The molecule has 1 heterocycles. The van der Waals surface area contributed by atoms with E-state index >= 15 is 0 Å². The zero-order valence-electron chi connectivity index (χ0n) is 15.5. The van der Waals surface area contributed by atoms with Gasteiger partial charge in [-0.15, -0.1) is 0 Å². The molecule has 2 unspecified atom stereocenters. The minimum absolute atomic E-state index is 0.0451. The number of benzene rings is 1. The third-order valence-electron chi connectivity index (χ3n) is 5.15. The molecule has 0 spiro atoms. The van der Waals surface area contributed by atoms with Gasteiger partial charge in [-0.2, -0.15) is 0 Å². The van der Waals surface area contributed by atoms with Gasteiger partial charge in [-0.1, -0.05) is 13.8 Å². The van der Waals surface area contributed by atoms with Gasteiger partial charge in [-0.05, 0) is 43.5 Å². The van der Waals surface area contributed by atoms with Gasteiger partial charge in [0.2, 0.25) is 11.8 Å². The number of aliphatic carboxylic acids is 1. The molecule has 1 saturated heterocycles. The first-order valence-electron chi connectivity index (χ1n) is 8.64. The van der Waals surface area contributed by atoms with E-state index in [0.29, 0.717) is 11.3 Å². The lowest BCUT2D eigenvalue weighted by molar-refractivity contribution is -0.140. The van der Waals surface area contributed by atoms with Crippen molar-refractivity contribution >= 4 is 23.5 Å². The van der Waals surface area contributed by atoms with Crippen LogP contribution in [0.3, 0.4) is 0 Å². The number of nitrogens with zero attached hydrogens (tertiary/aromatic N) is 1. The van der Waals surface area contributed by atoms with E-state index in [1.54, 1.807) is 19.9 Å². The number of nitrogens with one attached hydrogen (secondary N) is 1. The molecule has 0 aliphatic carbocycles. The van der Waals surface area contributed by atoms with Crippen molar-refractivity contribution in [2.75, 3.05) is 11.4 Å². The molecule has 1 aromatic carbocycles. The summed E-state index contributed by atoms with van der Waals surface area (Å²) >= 11 is 0. The molecule has 1 aliphatic heterocycles. The number of carboxylic acids is 1. The highest BCUT2D eigenvalue weighted by Gasteiger charge is 2.39. The number of hydrogen-bond donors (Lipinski definition) is 2. The molecular weight excluding hydrogens is 339 g/mol. The summed E-state index contributed by atoms with van der Waals surface area (Å²) in [5.41, 5.74) is 0.0877. The van der Waals surface area contributed by atoms with Gasteiger partial charge in [-0.25, -0.2) is 4.39 Å². The minimum atomic E-state index is -0.993. The van der Waals surface area contributed by atoms with Crippen molar-refractivity contribution in [1.29, 1.82) is 0 Å². The lowest BCUT2D eigenvalue weighted by Gasteiger charge is -2.34. The summed E-state index contributed by atoms with van der Waals surface area (Å²) in [4.78, 5) is 37.6. The molecule has 1 aliphatic rings. The van der Waals surface area contributed by atoms with Gasteiger partial charge in [0.1, 0.15) is 5.82 Å². The molecule has 2 amide bonds. The van der Waals surface area contributed by atoms with Gasteiger partial charge in [0.05, 0.1) is 12.3 Å². The second-order valence-corrected chi connectivity index (χ2v) is 7.47. The Balaban J connectivity index is 2.12. The molecule has 7 heteroatoms. The van der Waals surface area contributed by atoms with Gasteiger partial charge >= 0.3 is 5.97 Å². The van der Waals surface area contributed by atoms with Crippen LogP contribution >= 0.6 is 0 Å². The molecule has 6 nitrogen and oxygen atoms in total. The molecule has 0 aromatic heterocycles. The van der Waals surface area contributed by atoms with Crippen LogP contribution in [0.15, 0.2) is 18.2 Å². The SMILES string of the molecule is Cc1cc(N2CC(C(=O)NC(C)(CC(=O)O)C(C)C)CC2=O)ccc1F. The average Bonchev–Trinajstić information content (AvgIpc) is 2.91. The highest BCUT2D eigenvalue weighted by Crippen LogP contribution is 2.28. The Morgan fingerprint density at radius 2 is 2.08 bits per heavy atom. The Bertz CT molecular complexity index is 734. The van der Waals surface area contributed by atoms with Crippen molar-refractivity contribution in [3.8, 4) is 0 Å². The van der Waals surface area contributed by atoms with Crippen LogP contribution in [0.4, 0.5) is 10.1 Å². The number of halogens is 1. The Kier molecular flexibility index (Phi) is 5.68. The first-order chi connectivity index (χ1) is 12.0. The van der Waals surface area contributed by atoms with Crippen LogP contribution in [0.2, 0.25) is 0 Å². The van der Waals surface area contributed by atoms with Crippen molar-refractivity contribution in [2.24, 2.45) is 11.8 Å². The van der Waals surface area contributed by atoms with Crippen molar-refractivity contribution in [3.05, 3.63) is 29.6 Å². The van der Waals surface area contributed by atoms with Crippen molar-refractivity contribution in [2.45, 2.75) is 46.1 Å². The molecule has 26 heavy (non-hydrogen) atoms. The zero-order chi connectivity index (χ0) is 19.6. The van der Waals surface area contributed by atoms with Crippen LogP contribution in [0, 0.1) is 24.6 Å². The number of aryl methyl sites for hydroxylation is 1. The molecule has 0 radical (unpaired) electrons. The number of carbonyl (C=O) groups is 3. The number of anilines is 1. The fraction of sp³-hybridized carbons (Fsp3) is 0.526. The summed E-state index contributed by atoms with van der Waals surface area (Å²) in [6.45, 7) is 7.19. The van der Waals surface area contributed by atoms with E-state index in [1.165, 1.54) is 17.0 Å². The third-order valence-corrected chi connectivity index (χ3v) is 5.15. The highest BCUT2D eigenvalue weighted by molar-refractivity contribution is 6.00. The third kappa shape index (κ3) is 4.20. The second-order valence-electron chi connectivity index (χ2n) is 7.47. The molecule has 2 N–H and O–H groups in total. The molecular formula is C19H25FN2O4. The maximum atomic E-state index is 13.4. The summed E-state index contributed by atoms with van der Waals surface area (Å²) < 4.78 is 13.4. The summed E-state index contributed by atoms with van der Waals surface area (Å²) in [6.07, 6.45) is -0.151. The Morgan fingerprint density at radius 1 is 1.42 bits per heavy atom. The fourth-order valence-electron chi connectivity index (χ4n) is 3.02. The standard InChI is InChI=1S/C19H25FN2O4/c1-11(2)19(4,9-17(24)25)21-18(26)13-8-16(23)22(10-13)14-5-6-15(20)12(3)7-14/h5-7,11,13H,8-10H2,1-4H3,(H,21,26)(H,24,25). The van der Waals surface area contributed by atoms with Gasteiger partial charge in [0.15, 0.2) is 0 Å². The first-order valence-corrected chi connectivity index (χ1v) is 8.64. The summed E-state index contributed by atoms with van der Waals surface area (Å²) in [6, 6.07) is 4.40. The van der Waals surface area contributed by atoms with Gasteiger partial charge in [0, 0.05) is 24.2 Å². The Morgan fingerprint density at radius 3 is 2.62 bits per heavy atom. The van der Waals surface area contributed by atoms with E-state index in [4.69, 9.17) is 5.11 Å². The predicted octanol–water partition coefficient (Wildman–Crippen LogP) is 2.49. The summed E-state index contributed by atoms with van der Waals surface area (Å²) in [7, 11) is 0. The van der Waals surface area contributed by atoms with Crippen LogP contribution in [-0.2, 0) is 14.4 Å². The number of hydrogen-bond acceptors (Lipinski definition) is 3. The molecule has 2 atom stereocenters. The van der Waals surface area contributed by atoms with Crippen molar-refractivity contribution in [1.82, 2.24) is 5.32 Å². The van der Waals surface area contributed by atoms with Crippen LogP contribution < -0.4 is 10.2 Å². The summed E-state index contributed by atoms with van der Waals surface area (Å²) in [5.74, 6) is -2.54. The monoisotopic (exact) mass is 364 g/mol. The van der Waals surface area contributed by atoms with E-state index < -0.39 is 17.4 Å². The number of amides is 2. The van der Waals surface area contributed by atoms with Crippen LogP contribution in [0.5, 0.6) is 0 Å². The quantitative estimate of drug-likeness (QED) is 0.812. The molecule has 0 bridgehead atoms. The van der Waals surface area contributed by atoms with Gasteiger partial charge in [0.25, 0.3) is 0 Å². The normalized spacial score (nSPS) is 19.5. The maximum Gasteiger partial charge on any atom is 0.305 e. The first kappa shape index (κ1) is 19.9.